The van der Waals surface area contributed by atoms with Crippen LogP contribution in [-0.2, 0) is 28.8 Å². The van der Waals surface area contributed by atoms with Crippen LogP contribution in [0.15, 0.2) is 0 Å². The molecule has 0 aliphatic carbocycles. The number of unbranched alkanes of at least 4 members (excludes halogenated alkanes) is 3. The largest absolute Gasteiger partial charge is 0.354 e. The summed E-state index contributed by atoms with van der Waals surface area (Å²) in [6.45, 7) is 24.9. The van der Waals surface area contributed by atoms with E-state index in [2.05, 4.69) is 28.2 Å². The quantitative estimate of drug-likeness (QED) is 0.116. The fourth-order valence-electron chi connectivity index (χ4n) is 6.94. The van der Waals surface area contributed by atoms with Gasteiger partial charge >= 0.3 is 0 Å². The van der Waals surface area contributed by atoms with Gasteiger partial charge in [0.05, 0.1) is 6.04 Å². The van der Waals surface area contributed by atoms with Crippen LogP contribution in [0.25, 0.3) is 0 Å². The number of carbonyl (C=O) groups is 6. The average molecular weight is 752 g/mol. The summed E-state index contributed by atoms with van der Waals surface area (Å²) >= 11 is 0. The minimum atomic E-state index is -0.957. The molecular formula is C40H77N7O6. The van der Waals surface area contributed by atoms with Gasteiger partial charge in [-0.1, -0.05) is 109 Å². The Morgan fingerprint density at radius 2 is 0.849 bits per heavy atom. The molecule has 6 amide bonds. The topological polar surface area (TPSA) is 160 Å². The Bertz CT molecular complexity index is 1190. The van der Waals surface area contributed by atoms with Gasteiger partial charge in [0, 0.05) is 27.7 Å². The molecule has 0 aromatic rings. The second-order valence-corrected chi connectivity index (χ2v) is 16.7. The number of amides is 6. The first kappa shape index (κ1) is 49.8. The van der Waals surface area contributed by atoms with Gasteiger partial charge in [-0.2, -0.15) is 0 Å². The van der Waals surface area contributed by atoms with Crippen molar-refractivity contribution in [3.05, 3.63) is 0 Å². The van der Waals surface area contributed by atoms with Crippen molar-refractivity contribution in [3.8, 4) is 0 Å². The molecule has 0 bridgehead atoms. The zero-order valence-electron chi connectivity index (χ0n) is 36.3. The minimum absolute atomic E-state index is 0.00877. The highest BCUT2D eigenvalue weighted by Gasteiger charge is 2.43. The molecule has 0 radical (unpaired) electrons. The molecule has 0 unspecified atom stereocenters. The highest BCUT2D eigenvalue weighted by atomic mass is 16.2. The standard InChI is InChI=1S/C40H77N7O6/c1-18-19-20-21-22-42-35(48)30(24(4)5)43-37(50)32(26(8)9)45(15)39(52)34(28(12)13)47(17)40(53)33(27(10)11)46(16)38(51)31(25(6)7)44-36(49)29(41-14)23(2)3/h23-34,41H,18-22H2,1-17H3,(H,42,48)(H,43,50)(H,44,49)/t29-,30-,31-,32-,33-,34-/m0/s1. The molecule has 0 rings (SSSR count). The van der Waals surface area contributed by atoms with Crippen molar-refractivity contribution in [2.75, 3.05) is 34.7 Å². The Hall–Kier alpha value is -3.22. The van der Waals surface area contributed by atoms with Crippen LogP contribution in [0.1, 0.15) is 116 Å². The number of hydrogen-bond acceptors (Lipinski definition) is 7. The van der Waals surface area contributed by atoms with Crippen LogP contribution in [0.3, 0.4) is 0 Å². The molecule has 0 aromatic heterocycles. The SMILES string of the molecule is CCCCCCNC(=O)[C@@H](NC(=O)[C@H](C(C)C)N(C)C(=O)[C@H](C(C)C)N(C)C(=O)[C@H](C(C)C)N(C)C(=O)[C@@H](NC(=O)[C@@H](NC)C(C)C)C(C)C)C(C)C. The maximum Gasteiger partial charge on any atom is 0.246 e. The first-order valence-electron chi connectivity index (χ1n) is 19.8. The molecular weight excluding hydrogens is 674 g/mol. The highest BCUT2D eigenvalue weighted by molar-refractivity contribution is 5.97. The zero-order chi connectivity index (χ0) is 41.5. The predicted molar refractivity (Wildman–Crippen MR) is 213 cm³/mol. The van der Waals surface area contributed by atoms with Crippen molar-refractivity contribution in [3.63, 3.8) is 0 Å². The maximum absolute atomic E-state index is 14.4. The van der Waals surface area contributed by atoms with Gasteiger partial charge in [0.25, 0.3) is 0 Å². The number of likely N-dealkylation sites (N-methyl/N-ethyl adjacent to an activating group) is 4. The normalized spacial score (nSPS) is 15.2. The summed E-state index contributed by atoms with van der Waals surface area (Å²) in [6, 6.07) is -4.97. The molecule has 13 heteroatoms. The van der Waals surface area contributed by atoms with Crippen LogP contribution >= 0.6 is 0 Å². The van der Waals surface area contributed by atoms with E-state index in [-0.39, 0.29) is 47.3 Å². The van der Waals surface area contributed by atoms with Crippen LogP contribution in [0.2, 0.25) is 0 Å². The number of nitrogens with zero attached hydrogens (tertiary/aromatic N) is 3. The summed E-state index contributed by atoms with van der Waals surface area (Å²) in [7, 11) is 6.36. The summed E-state index contributed by atoms with van der Waals surface area (Å²) < 4.78 is 0. The fourth-order valence-corrected chi connectivity index (χ4v) is 6.94. The van der Waals surface area contributed by atoms with Crippen LogP contribution in [-0.4, -0.2) is 121 Å². The van der Waals surface area contributed by atoms with E-state index in [1.807, 2.05) is 83.1 Å². The van der Waals surface area contributed by atoms with Crippen LogP contribution in [0.4, 0.5) is 0 Å². The monoisotopic (exact) mass is 752 g/mol. The second-order valence-electron chi connectivity index (χ2n) is 16.7. The van der Waals surface area contributed by atoms with Crippen molar-refractivity contribution in [2.45, 2.75) is 152 Å². The number of carbonyl (C=O) groups excluding carboxylic acids is 6. The summed E-state index contributed by atoms with van der Waals surface area (Å²) in [5, 5.41) is 11.8. The fraction of sp³-hybridized carbons (Fsp3) is 0.850. The van der Waals surface area contributed by atoms with E-state index in [4.69, 9.17) is 0 Å². The van der Waals surface area contributed by atoms with E-state index in [1.165, 1.54) is 14.7 Å². The molecule has 53 heavy (non-hydrogen) atoms. The third-order valence-corrected chi connectivity index (χ3v) is 10.0. The Morgan fingerprint density at radius 1 is 0.453 bits per heavy atom. The van der Waals surface area contributed by atoms with Gasteiger partial charge in [-0.3, -0.25) is 28.8 Å². The van der Waals surface area contributed by atoms with Gasteiger partial charge in [-0.25, -0.2) is 0 Å². The van der Waals surface area contributed by atoms with Gasteiger partial charge in [0.1, 0.15) is 30.2 Å². The smallest absolute Gasteiger partial charge is 0.246 e. The molecule has 308 valence electrons. The molecule has 13 nitrogen and oxygen atoms in total. The number of hydrogen-bond donors (Lipinski definition) is 4. The van der Waals surface area contributed by atoms with Gasteiger partial charge in [0.2, 0.25) is 35.4 Å². The van der Waals surface area contributed by atoms with E-state index in [0.29, 0.717) is 6.54 Å². The Kier molecular flexibility index (Phi) is 22.1. The first-order valence-corrected chi connectivity index (χ1v) is 19.8. The van der Waals surface area contributed by atoms with E-state index in [1.54, 1.807) is 28.2 Å². The molecule has 4 N–H and O–H groups in total. The highest BCUT2D eigenvalue weighted by Crippen LogP contribution is 2.22. The minimum Gasteiger partial charge on any atom is -0.354 e. The van der Waals surface area contributed by atoms with Crippen LogP contribution in [0, 0.1) is 35.5 Å². The summed E-state index contributed by atoms with van der Waals surface area (Å²) in [5.74, 6) is -3.71. The molecule has 0 aliphatic heterocycles. The van der Waals surface area contributed by atoms with Crippen LogP contribution < -0.4 is 21.3 Å². The Balaban J connectivity index is 6.36. The van der Waals surface area contributed by atoms with Crippen molar-refractivity contribution in [1.82, 2.24) is 36.0 Å². The van der Waals surface area contributed by atoms with Crippen LogP contribution in [0.5, 0.6) is 0 Å². The first-order chi connectivity index (χ1) is 24.5. The third kappa shape index (κ3) is 14.5. The molecule has 0 fully saturated rings. The van der Waals surface area contributed by atoms with Crippen molar-refractivity contribution in [2.24, 2.45) is 35.5 Å². The summed E-state index contributed by atoms with van der Waals surface area (Å²) in [6.07, 6.45) is 4.06. The molecule has 0 heterocycles. The molecule has 0 saturated heterocycles. The number of rotatable bonds is 23. The van der Waals surface area contributed by atoms with Gasteiger partial charge in [0.15, 0.2) is 0 Å². The van der Waals surface area contributed by atoms with E-state index < -0.39 is 59.9 Å². The van der Waals surface area contributed by atoms with E-state index >= 15 is 0 Å². The lowest BCUT2D eigenvalue weighted by Crippen LogP contribution is -2.63. The predicted octanol–water partition coefficient (Wildman–Crippen LogP) is 3.66. The Labute approximate surface area is 321 Å². The Morgan fingerprint density at radius 3 is 1.23 bits per heavy atom. The van der Waals surface area contributed by atoms with Crippen molar-refractivity contribution >= 4 is 35.4 Å². The van der Waals surface area contributed by atoms with Gasteiger partial charge in [-0.05, 0) is 49.0 Å². The molecule has 0 spiro atoms. The lowest BCUT2D eigenvalue weighted by atomic mass is 9.94. The summed E-state index contributed by atoms with van der Waals surface area (Å²) in [5.41, 5.74) is 0. The maximum atomic E-state index is 14.4. The number of nitrogens with one attached hydrogen (secondary N) is 4. The summed E-state index contributed by atoms with van der Waals surface area (Å²) in [4.78, 5) is 87.1. The molecule has 0 aliphatic rings. The third-order valence-electron chi connectivity index (χ3n) is 10.0. The van der Waals surface area contributed by atoms with E-state index in [0.717, 1.165) is 25.7 Å². The lowest BCUT2D eigenvalue weighted by Gasteiger charge is -2.41. The van der Waals surface area contributed by atoms with E-state index in [9.17, 15) is 28.8 Å². The molecule has 0 aromatic carbocycles. The van der Waals surface area contributed by atoms with Gasteiger partial charge < -0.3 is 36.0 Å². The second kappa shape index (κ2) is 23.5. The van der Waals surface area contributed by atoms with Crippen molar-refractivity contribution in [1.29, 1.82) is 0 Å². The lowest BCUT2D eigenvalue weighted by molar-refractivity contribution is -0.155. The molecule has 6 atom stereocenters. The van der Waals surface area contributed by atoms with Gasteiger partial charge in [-0.15, -0.1) is 0 Å². The molecule has 0 saturated carbocycles. The van der Waals surface area contributed by atoms with Crippen molar-refractivity contribution < 1.29 is 28.8 Å². The average Bonchev–Trinajstić information content (AvgIpc) is 3.04. The zero-order valence-corrected chi connectivity index (χ0v) is 36.3.